The highest BCUT2D eigenvalue weighted by atomic mass is 32.2. The number of aromatic nitrogens is 2. The number of aliphatic imine (C=N–C) groups is 1. The number of benzene rings is 1. The summed E-state index contributed by atoms with van der Waals surface area (Å²) in [6.07, 6.45) is 16.6. The lowest BCUT2D eigenvalue weighted by atomic mass is 10.1. The van der Waals surface area contributed by atoms with E-state index in [1.807, 2.05) is 13.1 Å². The van der Waals surface area contributed by atoms with Crippen molar-refractivity contribution in [1.82, 2.24) is 14.5 Å². The molecule has 0 unspecified atom stereocenters. The minimum Gasteiger partial charge on any atom is -0.400 e. The maximum atomic E-state index is 13.3. The van der Waals surface area contributed by atoms with Crippen molar-refractivity contribution in [1.29, 1.82) is 0 Å². The smallest absolute Gasteiger partial charge is 0.347 e. The van der Waals surface area contributed by atoms with Crippen molar-refractivity contribution < 1.29 is 19.0 Å². The monoisotopic (exact) mass is 618 g/mol. The molecule has 1 N–H and O–H groups in total. The average molecular weight is 619 g/mol. The van der Waals surface area contributed by atoms with Crippen LogP contribution in [0, 0.1) is 5.82 Å². The van der Waals surface area contributed by atoms with Gasteiger partial charge < -0.3 is 14.7 Å². The van der Waals surface area contributed by atoms with Crippen molar-refractivity contribution in [2.45, 2.75) is 90.4 Å². The first-order valence-corrected chi connectivity index (χ1v) is 16.5. The number of hydrogen-bond acceptors (Lipinski definition) is 7. The molecule has 1 heterocycles. The van der Waals surface area contributed by atoms with Crippen molar-refractivity contribution in [2.24, 2.45) is 4.99 Å². The zero-order chi connectivity index (χ0) is 31.7. The zero-order valence-corrected chi connectivity index (χ0v) is 27.1. The number of hydrogen-bond donors (Lipinski definition) is 1. The van der Waals surface area contributed by atoms with Crippen LogP contribution in [0.2, 0.25) is 0 Å². The van der Waals surface area contributed by atoms with E-state index in [2.05, 4.69) is 28.5 Å². The Kier molecular flexibility index (Phi) is 21.9. The molecule has 0 aliphatic rings. The Morgan fingerprint density at radius 2 is 1.72 bits per heavy atom. The van der Waals surface area contributed by atoms with Crippen molar-refractivity contribution in [2.75, 3.05) is 32.7 Å². The van der Waals surface area contributed by atoms with Crippen LogP contribution in [0.15, 0.2) is 58.2 Å². The number of ether oxygens (including phenoxy) is 1. The van der Waals surface area contributed by atoms with Gasteiger partial charge in [0, 0.05) is 56.6 Å². The van der Waals surface area contributed by atoms with E-state index in [-0.39, 0.29) is 17.9 Å². The molecular weight excluding hydrogens is 567 g/mol. The molecule has 0 aliphatic carbocycles. The van der Waals surface area contributed by atoms with Gasteiger partial charge in [-0.05, 0) is 43.3 Å². The van der Waals surface area contributed by atoms with Gasteiger partial charge in [-0.15, -0.1) is 11.8 Å². The molecule has 0 spiro atoms. The van der Waals surface area contributed by atoms with Crippen LogP contribution in [0.1, 0.15) is 82.8 Å². The summed E-state index contributed by atoms with van der Waals surface area (Å²) >= 11 is 1.71. The van der Waals surface area contributed by atoms with Crippen LogP contribution in [0.4, 0.5) is 4.39 Å². The van der Waals surface area contributed by atoms with E-state index >= 15 is 0 Å². The highest BCUT2D eigenvalue weighted by Crippen LogP contribution is 2.18. The SMILES string of the molecule is C=NC(=O)/C(=C\N(CCCCCCCCCCC)CSCc1ccc(F)cc1)Cc1cnc(=O)n(CCOCC)c1.CO. The normalized spacial score (nSPS) is 11.1. The lowest BCUT2D eigenvalue weighted by Gasteiger charge is -2.22. The zero-order valence-electron chi connectivity index (χ0n) is 26.3. The third kappa shape index (κ3) is 17.2. The molecule has 8 nitrogen and oxygen atoms in total. The molecular formula is C33H51FN4O4S. The summed E-state index contributed by atoms with van der Waals surface area (Å²) in [5.74, 6) is 0.777. The van der Waals surface area contributed by atoms with Gasteiger partial charge in [0.2, 0.25) is 0 Å². The molecule has 1 aromatic heterocycles. The van der Waals surface area contributed by atoms with Gasteiger partial charge >= 0.3 is 5.69 Å². The Labute approximate surface area is 261 Å². The van der Waals surface area contributed by atoms with Crippen LogP contribution >= 0.6 is 11.8 Å². The molecule has 2 rings (SSSR count). The maximum absolute atomic E-state index is 13.3. The van der Waals surface area contributed by atoms with Crippen LogP contribution in [-0.2, 0) is 28.2 Å². The average Bonchev–Trinajstić information content (AvgIpc) is 3.02. The van der Waals surface area contributed by atoms with Gasteiger partial charge in [-0.3, -0.25) is 9.36 Å². The first-order valence-electron chi connectivity index (χ1n) is 15.3. The fraction of sp³-hybridized carbons (Fsp3) is 0.576. The Morgan fingerprint density at radius 3 is 2.35 bits per heavy atom. The van der Waals surface area contributed by atoms with Crippen LogP contribution in [0.5, 0.6) is 0 Å². The molecule has 0 saturated carbocycles. The van der Waals surface area contributed by atoms with Gasteiger partial charge in [0.1, 0.15) is 5.82 Å². The molecule has 0 atom stereocenters. The lowest BCUT2D eigenvalue weighted by Crippen LogP contribution is -2.25. The number of unbranched alkanes of at least 4 members (excludes halogenated alkanes) is 8. The number of carbonyl (C=O) groups is 1. The number of aliphatic hydroxyl groups is 1. The summed E-state index contributed by atoms with van der Waals surface area (Å²) in [6, 6.07) is 6.55. The van der Waals surface area contributed by atoms with Crippen molar-refractivity contribution in [3.05, 3.63) is 75.9 Å². The summed E-state index contributed by atoms with van der Waals surface area (Å²) in [6.45, 7) is 9.79. The molecule has 10 heteroatoms. The minimum absolute atomic E-state index is 0.243. The Morgan fingerprint density at radius 1 is 1.07 bits per heavy atom. The molecule has 0 radical (unpaired) electrons. The predicted molar refractivity (Wildman–Crippen MR) is 176 cm³/mol. The van der Waals surface area contributed by atoms with Crippen LogP contribution in [-0.4, -0.2) is 64.9 Å². The van der Waals surface area contributed by atoms with Crippen molar-refractivity contribution >= 4 is 24.4 Å². The Hall–Kier alpha value is -2.82. The highest BCUT2D eigenvalue weighted by molar-refractivity contribution is 7.98. The molecule has 2 aromatic rings. The van der Waals surface area contributed by atoms with Gasteiger partial charge in [-0.1, -0.05) is 70.4 Å². The predicted octanol–water partition coefficient (Wildman–Crippen LogP) is 6.40. The summed E-state index contributed by atoms with van der Waals surface area (Å²) in [4.78, 5) is 34.8. The molecule has 0 fully saturated rings. The lowest BCUT2D eigenvalue weighted by molar-refractivity contribution is -0.114. The second kappa shape index (κ2) is 24.6. The first-order chi connectivity index (χ1) is 21.0. The second-order valence-corrected chi connectivity index (χ2v) is 11.1. The number of rotatable bonds is 22. The number of aliphatic hydroxyl groups excluding tert-OH is 1. The van der Waals surface area contributed by atoms with Gasteiger partial charge in [-0.2, -0.15) is 0 Å². The summed E-state index contributed by atoms with van der Waals surface area (Å²) in [5.41, 5.74) is 1.94. The molecule has 1 aromatic carbocycles. The summed E-state index contributed by atoms with van der Waals surface area (Å²) < 4.78 is 20.2. The van der Waals surface area contributed by atoms with E-state index in [1.54, 1.807) is 30.1 Å². The number of thioether (sulfide) groups is 1. The van der Waals surface area contributed by atoms with Gasteiger partial charge in [-0.25, -0.2) is 19.2 Å². The third-order valence-corrected chi connectivity index (χ3v) is 7.78. The van der Waals surface area contributed by atoms with Crippen LogP contribution in [0.25, 0.3) is 0 Å². The fourth-order valence-corrected chi connectivity index (χ4v) is 5.39. The highest BCUT2D eigenvalue weighted by Gasteiger charge is 2.13. The van der Waals surface area contributed by atoms with E-state index in [1.165, 1.54) is 67.8 Å². The van der Waals surface area contributed by atoms with Crippen LogP contribution < -0.4 is 5.69 Å². The quantitative estimate of drug-likeness (QED) is 0.0706. The molecule has 0 saturated heterocycles. The number of carbonyl (C=O) groups excluding carboxylic acids is 1. The Bertz CT molecular complexity index is 1120. The van der Waals surface area contributed by atoms with E-state index in [4.69, 9.17) is 9.84 Å². The number of halogens is 1. The minimum atomic E-state index is -0.391. The number of amides is 1. The van der Waals surface area contributed by atoms with Gasteiger partial charge in [0.05, 0.1) is 19.0 Å². The summed E-state index contributed by atoms with van der Waals surface area (Å²) in [5, 5.41) is 7.00. The Balaban J connectivity index is 0.00000452. The van der Waals surface area contributed by atoms with Gasteiger partial charge in [0.25, 0.3) is 5.91 Å². The van der Waals surface area contributed by atoms with Crippen molar-refractivity contribution in [3.8, 4) is 0 Å². The van der Waals surface area contributed by atoms with Gasteiger partial charge in [0.15, 0.2) is 0 Å². The molecule has 0 bridgehead atoms. The second-order valence-electron chi connectivity index (χ2n) is 10.2. The van der Waals surface area contributed by atoms with Crippen LogP contribution in [0.3, 0.4) is 0 Å². The number of nitrogens with zero attached hydrogens (tertiary/aromatic N) is 4. The van der Waals surface area contributed by atoms with Crippen molar-refractivity contribution in [3.63, 3.8) is 0 Å². The molecule has 240 valence electrons. The molecule has 1 amide bonds. The first kappa shape index (κ1) is 38.2. The van der Waals surface area contributed by atoms with E-state index < -0.39 is 5.91 Å². The standard InChI is InChI=1S/C32H47FN4O3S.CH4O/c1-4-6-7-8-9-10-11-12-13-18-36(26-41-25-27-14-16-30(33)17-15-27)24-29(31(38)34-3)21-28-22-35-32(39)37(23-28)19-20-40-5-2;1-2/h14-17,22-24H,3-13,18-21,25-26H2,1-2H3;2H,1H3/b29-24-;. The van der Waals surface area contributed by atoms with E-state index in [0.29, 0.717) is 31.2 Å². The van der Waals surface area contributed by atoms with E-state index in [0.717, 1.165) is 43.4 Å². The maximum Gasteiger partial charge on any atom is 0.347 e. The third-order valence-electron chi connectivity index (χ3n) is 6.73. The topological polar surface area (TPSA) is 97.0 Å². The van der Waals surface area contributed by atoms with E-state index in [9.17, 15) is 14.0 Å². The largest absolute Gasteiger partial charge is 0.400 e. The molecule has 0 aliphatic heterocycles. The fourth-order valence-electron chi connectivity index (χ4n) is 4.43. The summed E-state index contributed by atoms with van der Waals surface area (Å²) in [7, 11) is 1.00. The molecule has 43 heavy (non-hydrogen) atoms.